The van der Waals surface area contributed by atoms with Crippen molar-refractivity contribution in [3.63, 3.8) is 0 Å². The summed E-state index contributed by atoms with van der Waals surface area (Å²) in [6.45, 7) is 1.82. The van der Waals surface area contributed by atoms with Gasteiger partial charge >= 0.3 is 0 Å². The molecule has 2 aromatic heterocycles. The number of benzene rings is 1. The van der Waals surface area contributed by atoms with Crippen molar-refractivity contribution in [2.75, 3.05) is 5.84 Å². The summed E-state index contributed by atoms with van der Waals surface area (Å²) in [5.41, 5.74) is 2.01. The Morgan fingerprint density at radius 1 is 1.33 bits per heavy atom. The maximum Gasteiger partial charge on any atom is 0.210 e. The predicted molar refractivity (Wildman–Crippen MR) is 70.6 cm³/mol. The lowest BCUT2D eigenvalue weighted by Gasteiger charge is -1.98. The third-order valence-corrected chi connectivity index (χ3v) is 3.57. The standard InChI is InChI=1S/C11H12N6S/c1-7-15-16-11(17(7)12)18-6-10-13-8-4-2-3-5-9(8)14-10/h2-5H,6,12H2,1H3,(H,13,14). The zero-order chi connectivity index (χ0) is 12.5. The fourth-order valence-electron chi connectivity index (χ4n) is 1.66. The van der Waals surface area contributed by atoms with Gasteiger partial charge < -0.3 is 10.8 Å². The third-order valence-electron chi connectivity index (χ3n) is 2.61. The number of nitrogens with two attached hydrogens (primary N) is 1. The number of hydrogen-bond acceptors (Lipinski definition) is 5. The quantitative estimate of drug-likeness (QED) is 0.550. The van der Waals surface area contributed by atoms with E-state index in [1.165, 1.54) is 16.4 Å². The van der Waals surface area contributed by atoms with Crippen LogP contribution in [0.3, 0.4) is 0 Å². The zero-order valence-corrected chi connectivity index (χ0v) is 10.6. The van der Waals surface area contributed by atoms with Gasteiger partial charge in [-0.15, -0.1) is 10.2 Å². The highest BCUT2D eigenvalue weighted by molar-refractivity contribution is 7.98. The number of aromatic amines is 1. The summed E-state index contributed by atoms with van der Waals surface area (Å²) in [5.74, 6) is 8.07. The Labute approximate surface area is 108 Å². The molecule has 0 spiro atoms. The van der Waals surface area contributed by atoms with E-state index in [1.54, 1.807) is 0 Å². The van der Waals surface area contributed by atoms with Gasteiger partial charge in [-0.05, 0) is 19.1 Å². The molecular formula is C11H12N6S. The maximum absolute atomic E-state index is 5.78. The minimum Gasteiger partial charge on any atom is -0.341 e. The van der Waals surface area contributed by atoms with Gasteiger partial charge in [0, 0.05) is 0 Å². The number of nitrogens with zero attached hydrogens (tertiary/aromatic N) is 4. The molecule has 0 unspecified atom stereocenters. The molecule has 0 bridgehead atoms. The number of fused-ring (bicyclic) bond motifs is 1. The van der Waals surface area contributed by atoms with Crippen LogP contribution < -0.4 is 5.84 Å². The smallest absolute Gasteiger partial charge is 0.210 e. The van der Waals surface area contributed by atoms with Crippen LogP contribution in [-0.2, 0) is 5.75 Å². The molecule has 0 saturated heterocycles. The van der Waals surface area contributed by atoms with Crippen molar-refractivity contribution in [2.24, 2.45) is 0 Å². The zero-order valence-electron chi connectivity index (χ0n) is 9.79. The molecule has 0 fully saturated rings. The molecule has 92 valence electrons. The lowest BCUT2D eigenvalue weighted by molar-refractivity contribution is 0.824. The number of hydrogen-bond donors (Lipinski definition) is 2. The SMILES string of the molecule is Cc1nnc(SCc2nc3ccccc3[nH]2)n1N. The fourth-order valence-corrected chi connectivity index (χ4v) is 2.43. The molecule has 0 aliphatic heterocycles. The summed E-state index contributed by atoms with van der Waals surface area (Å²) in [6, 6.07) is 7.94. The number of aryl methyl sites for hydroxylation is 1. The van der Waals surface area contributed by atoms with Crippen LogP contribution in [0.15, 0.2) is 29.4 Å². The molecule has 0 atom stereocenters. The first kappa shape index (κ1) is 11.1. The van der Waals surface area contributed by atoms with Crippen molar-refractivity contribution in [1.82, 2.24) is 24.8 Å². The van der Waals surface area contributed by atoms with Gasteiger partial charge in [-0.2, -0.15) is 0 Å². The second kappa shape index (κ2) is 4.34. The van der Waals surface area contributed by atoms with E-state index in [1.807, 2.05) is 31.2 Å². The first-order chi connectivity index (χ1) is 8.74. The van der Waals surface area contributed by atoms with Gasteiger partial charge in [0.2, 0.25) is 5.16 Å². The van der Waals surface area contributed by atoms with Crippen molar-refractivity contribution in [1.29, 1.82) is 0 Å². The Morgan fingerprint density at radius 3 is 2.89 bits per heavy atom. The number of rotatable bonds is 3. The van der Waals surface area contributed by atoms with Crippen molar-refractivity contribution in [3.8, 4) is 0 Å². The molecule has 3 aromatic rings. The summed E-state index contributed by atoms with van der Waals surface area (Å²) in [4.78, 5) is 7.75. The first-order valence-corrected chi connectivity index (χ1v) is 6.46. The average Bonchev–Trinajstić information content (AvgIpc) is 2.92. The van der Waals surface area contributed by atoms with Gasteiger partial charge in [0.15, 0.2) is 0 Å². The third kappa shape index (κ3) is 1.92. The van der Waals surface area contributed by atoms with Crippen molar-refractivity contribution < 1.29 is 0 Å². The van der Waals surface area contributed by atoms with E-state index in [0.29, 0.717) is 16.7 Å². The van der Waals surface area contributed by atoms with Crippen LogP contribution in [0.2, 0.25) is 0 Å². The van der Waals surface area contributed by atoms with Crippen LogP contribution in [0.5, 0.6) is 0 Å². The molecule has 2 heterocycles. The van der Waals surface area contributed by atoms with Crippen LogP contribution in [-0.4, -0.2) is 24.8 Å². The summed E-state index contributed by atoms with van der Waals surface area (Å²) >= 11 is 1.51. The highest BCUT2D eigenvalue weighted by atomic mass is 32.2. The number of nitrogens with one attached hydrogen (secondary N) is 1. The largest absolute Gasteiger partial charge is 0.341 e. The second-order valence-corrected chi connectivity index (χ2v) is 4.83. The van der Waals surface area contributed by atoms with Gasteiger partial charge in [0.25, 0.3) is 0 Å². The number of nitrogen functional groups attached to an aromatic ring is 1. The van der Waals surface area contributed by atoms with Gasteiger partial charge in [-0.3, -0.25) is 0 Å². The van der Waals surface area contributed by atoms with Crippen LogP contribution in [0.1, 0.15) is 11.6 Å². The average molecular weight is 260 g/mol. The van der Waals surface area contributed by atoms with Crippen LogP contribution >= 0.6 is 11.8 Å². The lowest BCUT2D eigenvalue weighted by atomic mass is 10.3. The highest BCUT2D eigenvalue weighted by Crippen LogP contribution is 2.20. The minimum atomic E-state index is 0.685. The number of para-hydroxylation sites is 2. The Hall–Kier alpha value is -2.02. The molecule has 3 rings (SSSR count). The Bertz CT molecular complexity index is 653. The molecule has 0 amide bonds. The van der Waals surface area contributed by atoms with Crippen LogP contribution in [0.25, 0.3) is 11.0 Å². The van der Waals surface area contributed by atoms with E-state index in [4.69, 9.17) is 5.84 Å². The second-order valence-electron chi connectivity index (χ2n) is 3.89. The molecule has 1 aromatic carbocycles. The topological polar surface area (TPSA) is 85.4 Å². The maximum atomic E-state index is 5.78. The Morgan fingerprint density at radius 2 is 2.17 bits per heavy atom. The predicted octanol–water partition coefficient (Wildman–Crippen LogP) is 1.47. The van der Waals surface area contributed by atoms with E-state index in [0.717, 1.165) is 16.9 Å². The van der Waals surface area contributed by atoms with Gasteiger partial charge in [-0.1, -0.05) is 23.9 Å². The van der Waals surface area contributed by atoms with Gasteiger partial charge in [0.05, 0.1) is 16.8 Å². The van der Waals surface area contributed by atoms with Crippen LogP contribution in [0.4, 0.5) is 0 Å². The summed E-state index contributed by atoms with van der Waals surface area (Å²) < 4.78 is 1.48. The van der Waals surface area contributed by atoms with Crippen molar-refractivity contribution in [3.05, 3.63) is 35.9 Å². The molecule has 0 radical (unpaired) electrons. The summed E-state index contributed by atoms with van der Waals surface area (Å²) in [7, 11) is 0. The monoisotopic (exact) mass is 260 g/mol. The number of H-pyrrole nitrogens is 1. The molecule has 0 aliphatic rings. The molecule has 7 heteroatoms. The molecule has 3 N–H and O–H groups in total. The molecule has 0 aliphatic carbocycles. The Kier molecular flexibility index (Phi) is 2.67. The number of aromatic nitrogens is 5. The van der Waals surface area contributed by atoms with E-state index < -0.39 is 0 Å². The normalized spacial score (nSPS) is 11.2. The van der Waals surface area contributed by atoms with Gasteiger partial charge in [0.1, 0.15) is 11.6 Å². The lowest BCUT2D eigenvalue weighted by Crippen LogP contribution is -2.11. The molecule has 0 saturated carbocycles. The number of thioether (sulfide) groups is 1. The summed E-state index contributed by atoms with van der Waals surface area (Å²) in [6.07, 6.45) is 0. The van der Waals surface area contributed by atoms with Crippen LogP contribution in [0, 0.1) is 6.92 Å². The fraction of sp³-hybridized carbons (Fsp3) is 0.182. The van der Waals surface area contributed by atoms with E-state index >= 15 is 0 Å². The Balaban J connectivity index is 1.79. The minimum absolute atomic E-state index is 0.685. The highest BCUT2D eigenvalue weighted by Gasteiger charge is 2.08. The van der Waals surface area contributed by atoms with Crippen molar-refractivity contribution in [2.45, 2.75) is 17.8 Å². The molecular weight excluding hydrogens is 248 g/mol. The van der Waals surface area contributed by atoms with E-state index in [9.17, 15) is 0 Å². The number of imidazole rings is 1. The van der Waals surface area contributed by atoms with E-state index in [2.05, 4.69) is 20.2 Å². The van der Waals surface area contributed by atoms with E-state index in [-0.39, 0.29) is 0 Å². The molecule has 6 nitrogen and oxygen atoms in total. The molecule has 18 heavy (non-hydrogen) atoms. The summed E-state index contributed by atoms with van der Waals surface area (Å²) in [5, 5.41) is 8.59. The first-order valence-electron chi connectivity index (χ1n) is 5.47. The van der Waals surface area contributed by atoms with Crippen molar-refractivity contribution >= 4 is 22.8 Å². The van der Waals surface area contributed by atoms with Gasteiger partial charge in [-0.25, -0.2) is 9.66 Å².